The highest BCUT2D eigenvalue weighted by atomic mass is 16.5. The molecule has 9 nitrogen and oxygen atoms in total. The summed E-state index contributed by atoms with van der Waals surface area (Å²) in [7, 11) is 3.21. The molecule has 1 saturated heterocycles. The molecule has 9 heteroatoms. The molecular formula is C30H37N5O4. The molecule has 0 N–H and O–H groups in total. The van der Waals surface area contributed by atoms with Gasteiger partial charge in [0.2, 0.25) is 5.91 Å². The van der Waals surface area contributed by atoms with Gasteiger partial charge in [0.25, 0.3) is 5.91 Å². The average Bonchev–Trinajstić information content (AvgIpc) is 3.00. The number of nitrogens with zero attached hydrogens (tertiary/aromatic N) is 5. The SMILES string of the molecule is CC[C@@H](C)CN(CC(=O)N1CCN(c2ccc(-c3ccc(OC)cc3)nn2)CC1)C(=O)c1cccc(OC)c1. The first kappa shape index (κ1) is 27.9. The highest BCUT2D eigenvalue weighted by Gasteiger charge is 2.27. The third-order valence-corrected chi connectivity index (χ3v) is 7.15. The molecule has 0 bridgehead atoms. The predicted molar refractivity (Wildman–Crippen MR) is 151 cm³/mol. The van der Waals surface area contributed by atoms with Gasteiger partial charge in [0, 0.05) is 43.9 Å². The molecule has 4 rings (SSSR count). The molecule has 0 spiro atoms. The first-order valence-corrected chi connectivity index (χ1v) is 13.4. The Hall–Kier alpha value is -4.14. The minimum absolute atomic E-state index is 0.0462. The van der Waals surface area contributed by atoms with Crippen molar-refractivity contribution < 1.29 is 19.1 Å². The topological polar surface area (TPSA) is 88.1 Å². The Labute approximate surface area is 230 Å². The zero-order chi connectivity index (χ0) is 27.8. The maximum Gasteiger partial charge on any atom is 0.254 e. The van der Waals surface area contributed by atoms with Crippen LogP contribution >= 0.6 is 0 Å². The maximum absolute atomic E-state index is 13.4. The summed E-state index contributed by atoms with van der Waals surface area (Å²) < 4.78 is 10.5. The molecule has 1 aliphatic heterocycles. The summed E-state index contributed by atoms with van der Waals surface area (Å²) in [6.07, 6.45) is 0.924. The van der Waals surface area contributed by atoms with E-state index in [-0.39, 0.29) is 24.3 Å². The fraction of sp³-hybridized carbons (Fsp3) is 0.400. The van der Waals surface area contributed by atoms with Crippen LogP contribution in [0.4, 0.5) is 5.82 Å². The van der Waals surface area contributed by atoms with Gasteiger partial charge in [0.1, 0.15) is 18.0 Å². The number of piperazine rings is 1. The Bertz CT molecular complexity index is 1240. The number of hydrogen-bond donors (Lipinski definition) is 0. The number of methoxy groups -OCH3 is 2. The van der Waals surface area contributed by atoms with E-state index in [4.69, 9.17) is 9.47 Å². The van der Waals surface area contributed by atoms with E-state index in [0.29, 0.717) is 44.0 Å². The van der Waals surface area contributed by atoms with Crippen LogP contribution in [0.2, 0.25) is 0 Å². The lowest BCUT2D eigenvalue weighted by molar-refractivity contribution is -0.132. The first-order valence-electron chi connectivity index (χ1n) is 13.4. The molecule has 3 aromatic rings. The van der Waals surface area contributed by atoms with Crippen molar-refractivity contribution in [2.45, 2.75) is 20.3 Å². The van der Waals surface area contributed by atoms with Gasteiger partial charge in [-0.3, -0.25) is 9.59 Å². The quantitative estimate of drug-likeness (QED) is 0.391. The zero-order valence-corrected chi connectivity index (χ0v) is 23.2. The smallest absolute Gasteiger partial charge is 0.254 e. The molecule has 0 radical (unpaired) electrons. The van der Waals surface area contributed by atoms with Crippen LogP contribution in [-0.4, -0.2) is 85.3 Å². The van der Waals surface area contributed by atoms with Crippen LogP contribution in [0, 0.1) is 5.92 Å². The van der Waals surface area contributed by atoms with Crippen LogP contribution in [-0.2, 0) is 4.79 Å². The lowest BCUT2D eigenvalue weighted by Crippen LogP contribution is -2.52. The summed E-state index contributed by atoms with van der Waals surface area (Å²) >= 11 is 0. The second kappa shape index (κ2) is 13.1. The van der Waals surface area contributed by atoms with Gasteiger partial charge in [-0.25, -0.2) is 0 Å². The van der Waals surface area contributed by atoms with E-state index in [1.165, 1.54) is 0 Å². The summed E-state index contributed by atoms with van der Waals surface area (Å²) in [5.74, 6) is 2.27. The zero-order valence-electron chi connectivity index (χ0n) is 23.2. The van der Waals surface area contributed by atoms with E-state index in [1.807, 2.05) is 41.3 Å². The fourth-order valence-electron chi connectivity index (χ4n) is 4.52. The van der Waals surface area contributed by atoms with Gasteiger partial charge >= 0.3 is 0 Å². The number of benzene rings is 2. The molecule has 2 aromatic carbocycles. The van der Waals surface area contributed by atoms with Crippen LogP contribution in [0.3, 0.4) is 0 Å². The van der Waals surface area contributed by atoms with Crippen molar-refractivity contribution in [1.29, 1.82) is 0 Å². The molecule has 39 heavy (non-hydrogen) atoms. The van der Waals surface area contributed by atoms with Crippen molar-refractivity contribution >= 4 is 17.6 Å². The highest BCUT2D eigenvalue weighted by Crippen LogP contribution is 2.22. The number of aromatic nitrogens is 2. The molecule has 0 unspecified atom stereocenters. The molecule has 1 aromatic heterocycles. The number of rotatable bonds is 10. The fourth-order valence-corrected chi connectivity index (χ4v) is 4.52. The standard InChI is InChI=1S/C30H37N5O4/c1-5-22(2)20-35(30(37)24-7-6-8-26(19-24)39-4)21-29(36)34-17-15-33(16-18-34)28-14-13-27(31-32-28)23-9-11-25(38-3)12-10-23/h6-14,19,22H,5,15-18,20-21H2,1-4H3/t22-/m1/s1. The second-order valence-electron chi connectivity index (χ2n) is 9.80. The summed E-state index contributed by atoms with van der Waals surface area (Å²) in [5, 5.41) is 8.83. The van der Waals surface area contributed by atoms with Gasteiger partial charge in [0.05, 0.1) is 19.9 Å². The van der Waals surface area contributed by atoms with Gasteiger partial charge in [-0.1, -0.05) is 26.3 Å². The maximum atomic E-state index is 13.4. The lowest BCUT2D eigenvalue weighted by atomic mass is 10.1. The second-order valence-corrected chi connectivity index (χ2v) is 9.80. The van der Waals surface area contributed by atoms with Crippen molar-refractivity contribution in [2.75, 3.05) is 58.4 Å². The number of carbonyl (C=O) groups is 2. The van der Waals surface area contributed by atoms with Crippen LogP contribution in [0.5, 0.6) is 11.5 Å². The van der Waals surface area contributed by atoms with Crippen LogP contribution in [0.15, 0.2) is 60.7 Å². The number of amides is 2. The first-order chi connectivity index (χ1) is 18.9. The van der Waals surface area contributed by atoms with E-state index < -0.39 is 0 Å². The molecule has 2 heterocycles. The van der Waals surface area contributed by atoms with E-state index in [0.717, 1.165) is 29.2 Å². The normalized spacial score (nSPS) is 14.1. The Balaban J connectivity index is 1.36. The number of carbonyl (C=O) groups excluding carboxylic acids is 2. The molecule has 206 valence electrons. The summed E-state index contributed by atoms with van der Waals surface area (Å²) in [4.78, 5) is 32.3. The van der Waals surface area contributed by atoms with Crippen molar-refractivity contribution in [3.8, 4) is 22.8 Å². The van der Waals surface area contributed by atoms with Gasteiger partial charge < -0.3 is 24.2 Å². The minimum Gasteiger partial charge on any atom is -0.497 e. The number of hydrogen-bond acceptors (Lipinski definition) is 7. The molecule has 0 saturated carbocycles. The van der Waals surface area contributed by atoms with E-state index >= 15 is 0 Å². The highest BCUT2D eigenvalue weighted by molar-refractivity contribution is 5.97. The lowest BCUT2D eigenvalue weighted by Gasteiger charge is -2.36. The third-order valence-electron chi connectivity index (χ3n) is 7.15. The van der Waals surface area contributed by atoms with Gasteiger partial charge in [-0.15, -0.1) is 10.2 Å². The average molecular weight is 532 g/mol. The van der Waals surface area contributed by atoms with Crippen LogP contribution < -0.4 is 14.4 Å². The van der Waals surface area contributed by atoms with Crippen molar-refractivity contribution in [3.05, 3.63) is 66.2 Å². The summed E-state index contributed by atoms with van der Waals surface area (Å²) in [5.41, 5.74) is 2.28. The number of anilines is 1. The monoisotopic (exact) mass is 531 g/mol. The van der Waals surface area contributed by atoms with Gasteiger partial charge in [-0.2, -0.15) is 0 Å². The van der Waals surface area contributed by atoms with Crippen LogP contribution in [0.1, 0.15) is 30.6 Å². The third kappa shape index (κ3) is 7.04. The molecule has 1 aliphatic rings. The Morgan fingerprint density at radius 1 is 0.923 bits per heavy atom. The van der Waals surface area contributed by atoms with Crippen molar-refractivity contribution in [2.24, 2.45) is 5.92 Å². The van der Waals surface area contributed by atoms with E-state index in [9.17, 15) is 9.59 Å². The van der Waals surface area contributed by atoms with Gasteiger partial charge in [-0.05, 0) is 60.5 Å². The molecule has 1 fully saturated rings. The Morgan fingerprint density at radius 2 is 1.64 bits per heavy atom. The Kier molecular flexibility index (Phi) is 9.35. The largest absolute Gasteiger partial charge is 0.497 e. The van der Waals surface area contributed by atoms with Crippen LogP contribution in [0.25, 0.3) is 11.3 Å². The van der Waals surface area contributed by atoms with E-state index in [2.05, 4.69) is 28.9 Å². The minimum atomic E-state index is -0.159. The van der Waals surface area contributed by atoms with Crippen molar-refractivity contribution in [3.63, 3.8) is 0 Å². The van der Waals surface area contributed by atoms with Gasteiger partial charge in [0.15, 0.2) is 5.82 Å². The molecule has 2 amide bonds. The molecule has 1 atom stereocenters. The van der Waals surface area contributed by atoms with Crippen molar-refractivity contribution in [1.82, 2.24) is 20.0 Å². The number of ether oxygens (including phenoxy) is 2. The predicted octanol–water partition coefficient (Wildman–Crippen LogP) is 4.00. The summed E-state index contributed by atoms with van der Waals surface area (Å²) in [6.45, 7) is 7.18. The molecular weight excluding hydrogens is 494 g/mol. The Morgan fingerprint density at radius 3 is 2.26 bits per heavy atom. The molecule has 0 aliphatic carbocycles. The van der Waals surface area contributed by atoms with E-state index in [1.54, 1.807) is 43.4 Å². The summed E-state index contributed by atoms with van der Waals surface area (Å²) in [6, 6.07) is 18.7.